The topological polar surface area (TPSA) is 16.4 Å². The Morgan fingerprint density at radius 2 is 1.07 bits per heavy atom. The molecule has 0 saturated carbocycles. The van der Waals surface area contributed by atoms with E-state index in [1.165, 1.54) is 11.6 Å². The van der Waals surface area contributed by atoms with Gasteiger partial charge in [-0.3, -0.25) is 0 Å². The molecule has 1 aliphatic rings. The number of anilines is 3. The Hall–Kier alpha value is -7.49. The molecule has 1 atom stereocenters. The van der Waals surface area contributed by atoms with Gasteiger partial charge in [0.1, 0.15) is 17.0 Å². The highest BCUT2D eigenvalue weighted by atomic mass is 19.1. The van der Waals surface area contributed by atoms with Crippen molar-refractivity contribution < 1.29 is 8.81 Å². The van der Waals surface area contributed by atoms with Crippen molar-refractivity contribution in [1.29, 1.82) is 0 Å². The number of hydrogen-bond donors (Lipinski definition) is 0. The number of furan rings is 1. The maximum atomic E-state index is 15.3. The van der Waals surface area contributed by atoms with E-state index in [2.05, 4.69) is 188 Å². The zero-order valence-electron chi connectivity index (χ0n) is 32.4. The first-order chi connectivity index (χ1) is 29.0. The van der Waals surface area contributed by atoms with Crippen LogP contribution in [0, 0.1) is 5.82 Å². The van der Waals surface area contributed by atoms with Crippen molar-refractivity contribution in [3.8, 4) is 44.5 Å². The SMILES string of the molecule is CC1(c2cccc(F)c2)c2ccc(-c3cccc4c3oc3ccccc34)cc2-c2ccc(N(c3ccc(-c4ccccc4)cc3)c3ccccc3-c3ccccc3)cc21. The summed E-state index contributed by atoms with van der Waals surface area (Å²) >= 11 is 0. The van der Waals surface area contributed by atoms with Crippen molar-refractivity contribution >= 4 is 39.0 Å². The lowest BCUT2D eigenvalue weighted by molar-refractivity contribution is 0.616. The average Bonchev–Trinajstić information content (AvgIpc) is 3.80. The van der Waals surface area contributed by atoms with Crippen LogP contribution in [0.2, 0.25) is 0 Å². The van der Waals surface area contributed by atoms with E-state index < -0.39 is 5.41 Å². The first-order valence-electron chi connectivity index (χ1n) is 20.1. The normalized spacial score (nSPS) is 14.3. The molecule has 280 valence electrons. The number of nitrogens with zero attached hydrogens (tertiary/aromatic N) is 1. The van der Waals surface area contributed by atoms with Gasteiger partial charge in [-0.1, -0.05) is 158 Å². The molecule has 0 bridgehead atoms. The van der Waals surface area contributed by atoms with Crippen LogP contribution in [0.3, 0.4) is 0 Å². The van der Waals surface area contributed by atoms with Crippen LogP contribution in [-0.2, 0) is 5.41 Å². The maximum Gasteiger partial charge on any atom is 0.143 e. The lowest BCUT2D eigenvalue weighted by Crippen LogP contribution is -2.23. The molecule has 2 nitrogen and oxygen atoms in total. The van der Waals surface area contributed by atoms with Gasteiger partial charge in [-0.25, -0.2) is 4.39 Å². The zero-order valence-corrected chi connectivity index (χ0v) is 32.4. The molecule has 0 spiro atoms. The minimum absolute atomic E-state index is 0.250. The van der Waals surface area contributed by atoms with Crippen LogP contribution in [0.4, 0.5) is 21.5 Å². The lowest BCUT2D eigenvalue weighted by Gasteiger charge is -2.31. The minimum Gasteiger partial charge on any atom is -0.455 e. The Balaban J connectivity index is 1.12. The number of halogens is 1. The first kappa shape index (κ1) is 34.7. The molecule has 0 radical (unpaired) electrons. The summed E-state index contributed by atoms with van der Waals surface area (Å²) in [5.41, 5.74) is 16.4. The van der Waals surface area contributed by atoms with Crippen molar-refractivity contribution in [3.63, 3.8) is 0 Å². The summed E-state index contributed by atoms with van der Waals surface area (Å²) in [5.74, 6) is -0.250. The maximum absolute atomic E-state index is 15.3. The molecule has 59 heavy (non-hydrogen) atoms. The quantitative estimate of drug-likeness (QED) is 0.161. The number of hydrogen-bond acceptors (Lipinski definition) is 2. The van der Waals surface area contributed by atoms with E-state index in [1.54, 1.807) is 6.07 Å². The number of rotatable bonds is 7. The van der Waals surface area contributed by atoms with E-state index in [-0.39, 0.29) is 5.82 Å². The van der Waals surface area contributed by atoms with Crippen molar-refractivity contribution in [2.75, 3.05) is 4.90 Å². The predicted molar refractivity (Wildman–Crippen MR) is 242 cm³/mol. The molecule has 11 rings (SSSR count). The van der Waals surface area contributed by atoms with Crippen LogP contribution in [0.25, 0.3) is 66.4 Å². The van der Waals surface area contributed by atoms with Crippen molar-refractivity contribution in [2.24, 2.45) is 0 Å². The van der Waals surface area contributed by atoms with Gasteiger partial charge in [-0.2, -0.15) is 0 Å². The van der Waals surface area contributed by atoms with Gasteiger partial charge in [0.15, 0.2) is 0 Å². The largest absolute Gasteiger partial charge is 0.455 e. The van der Waals surface area contributed by atoms with Gasteiger partial charge in [-0.15, -0.1) is 0 Å². The molecular formula is C56H38FNO. The molecule has 0 amide bonds. The molecule has 10 aromatic rings. The summed E-state index contributed by atoms with van der Waals surface area (Å²) in [6, 6.07) is 73.7. The fourth-order valence-corrected chi connectivity index (χ4v) is 9.31. The third-order valence-corrected chi connectivity index (χ3v) is 12.2. The molecular weight excluding hydrogens is 722 g/mol. The Morgan fingerprint density at radius 1 is 0.424 bits per heavy atom. The number of fused-ring (bicyclic) bond motifs is 6. The standard InChI is InChI=1S/C56H38FNO/c1-56(41-18-12-19-42(57)35-41)51-33-28-40(46-22-13-23-49-48-21-9-11-25-54(48)59-55(46)49)34-50(51)47-32-31-44(36-52(47)56)58(43-29-26-38(27-30-43)37-14-4-2-5-15-37)53-24-10-8-20-45(53)39-16-6-3-7-17-39/h2-36H,1H3. The van der Waals surface area contributed by atoms with Crippen LogP contribution in [0.5, 0.6) is 0 Å². The van der Waals surface area contributed by atoms with Gasteiger partial charge in [0, 0.05) is 38.7 Å². The van der Waals surface area contributed by atoms with E-state index in [9.17, 15) is 0 Å². The summed E-state index contributed by atoms with van der Waals surface area (Å²) < 4.78 is 21.8. The molecule has 0 aliphatic heterocycles. The fourth-order valence-electron chi connectivity index (χ4n) is 9.31. The second-order valence-corrected chi connectivity index (χ2v) is 15.5. The van der Waals surface area contributed by atoms with E-state index in [1.807, 2.05) is 24.3 Å². The van der Waals surface area contributed by atoms with E-state index in [4.69, 9.17) is 4.42 Å². The second-order valence-electron chi connectivity index (χ2n) is 15.5. The molecule has 0 fully saturated rings. The Bertz CT molecular complexity index is 3190. The Labute approximate surface area is 343 Å². The molecule has 1 heterocycles. The van der Waals surface area contributed by atoms with Gasteiger partial charge in [0.05, 0.1) is 5.69 Å². The monoisotopic (exact) mass is 759 g/mol. The van der Waals surface area contributed by atoms with Crippen LogP contribution in [0.1, 0.15) is 23.6 Å². The summed E-state index contributed by atoms with van der Waals surface area (Å²) in [7, 11) is 0. The average molecular weight is 760 g/mol. The third-order valence-electron chi connectivity index (χ3n) is 12.2. The molecule has 1 aromatic heterocycles. The van der Waals surface area contributed by atoms with Crippen molar-refractivity contribution in [1.82, 2.24) is 0 Å². The predicted octanol–water partition coefficient (Wildman–Crippen LogP) is 15.5. The van der Waals surface area contributed by atoms with Crippen molar-refractivity contribution in [3.05, 3.63) is 235 Å². The van der Waals surface area contributed by atoms with Crippen LogP contribution >= 0.6 is 0 Å². The lowest BCUT2D eigenvalue weighted by atomic mass is 9.74. The molecule has 1 unspecified atom stereocenters. The highest BCUT2D eigenvalue weighted by Gasteiger charge is 2.42. The van der Waals surface area contributed by atoms with Crippen LogP contribution in [0.15, 0.2) is 217 Å². The minimum atomic E-state index is -0.644. The smallest absolute Gasteiger partial charge is 0.143 e. The summed E-state index contributed by atoms with van der Waals surface area (Å²) in [6.07, 6.45) is 0. The van der Waals surface area contributed by atoms with Gasteiger partial charge >= 0.3 is 0 Å². The van der Waals surface area contributed by atoms with Gasteiger partial charge in [0.2, 0.25) is 0 Å². The van der Waals surface area contributed by atoms with Crippen LogP contribution < -0.4 is 4.90 Å². The van der Waals surface area contributed by atoms with E-state index >= 15 is 4.39 Å². The highest BCUT2D eigenvalue weighted by Crippen LogP contribution is 2.55. The zero-order chi connectivity index (χ0) is 39.5. The van der Waals surface area contributed by atoms with Crippen molar-refractivity contribution in [2.45, 2.75) is 12.3 Å². The van der Waals surface area contributed by atoms with Gasteiger partial charge in [-0.05, 0) is 112 Å². The summed E-state index contributed by atoms with van der Waals surface area (Å²) in [5, 5.41) is 2.20. The first-order valence-corrected chi connectivity index (χ1v) is 20.1. The molecule has 9 aromatic carbocycles. The Morgan fingerprint density at radius 3 is 1.88 bits per heavy atom. The van der Waals surface area contributed by atoms with E-state index in [0.717, 1.165) is 94.6 Å². The molecule has 1 aliphatic carbocycles. The Kier molecular flexibility index (Phi) is 8.16. The molecule has 3 heteroatoms. The number of benzene rings is 9. The van der Waals surface area contributed by atoms with Gasteiger partial charge in [0.25, 0.3) is 0 Å². The third kappa shape index (κ3) is 5.69. The second kappa shape index (κ2) is 13.9. The van der Waals surface area contributed by atoms with Crippen LogP contribution in [-0.4, -0.2) is 0 Å². The van der Waals surface area contributed by atoms with E-state index in [0.29, 0.717) is 0 Å². The van der Waals surface area contributed by atoms with Gasteiger partial charge < -0.3 is 9.32 Å². The number of para-hydroxylation sites is 3. The molecule has 0 saturated heterocycles. The summed E-state index contributed by atoms with van der Waals surface area (Å²) in [6.45, 7) is 2.24. The highest BCUT2D eigenvalue weighted by molar-refractivity contribution is 6.10. The summed E-state index contributed by atoms with van der Waals surface area (Å²) in [4.78, 5) is 2.36. The molecule has 0 N–H and O–H groups in total. The fraction of sp³-hybridized carbons (Fsp3) is 0.0357.